The van der Waals surface area contributed by atoms with Crippen LogP contribution in [0.2, 0.25) is 0 Å². The minimum atomic E-state index is -0.319. The smallest absolute Gasteiger partial charge is 0.141 e. The van der Waals surface area contributed by atoms with Crippen LogP contribution >= 0.6 is 0 Å². The maximum atomic E-state index is 13.4. The van der Waals surface area contributed by atoms with Crippen LogP contribution in [0.3, 0.4) is 0 Å². The van der Waals surface area contributed by atoms with Gasteiger partial charge in [-0.1, -0.05) is 42.5 Å². The first-order valence-corrected chi connectivity index (χ1v) is 8.71. The summed E-state index contributed by atoms with van der Waals surface area (Å²) >= 11 is 0. The first-order valence-electron chi connectivity index (χ1n) is 8.71. The van der Waals surface area contributed by atoms with E-state index in [1.807, 2.05) is 7.05 Å². The Morgan fingerprint density at radius 3 is 2.69 bits per heavy atom. The summed E-state index contributed by atoms with van der Waals surface area (Å²) in [6.07, 6.45) is 7.70. The van der Waals surface area contributed by atoms with Gasteiger partial charge >= 0.3 is 0 Å². The molecule has 2 bridgehead atoms. The van der Waals surface area contributed by atoms with Crippen LogP contribution in [0.1, 0.15) is 35.2 Å². The van der Waals surface area contributed by atoms with Gasteiger partial charge in [-0.3, -0.25) is 4.98 Å². The molecule has 1 unspecified atom stereocenters. The highest BCUT2D eigenvalue weighted by atomic mass is 19.1. The Bertz CT molecular complexity index is 993. The van der Waals surface area contributed by atoms with E-state index in [0.717, 1.165) is 17.0 Å². The second-order valence-corrected chi connectivity index (χ2v) is 6.97. The lowest BCUT2D eigenvalue weighted by Gasteiger charge is -2.31. The average molecular weight is 344 g/mol. The Hall–Kier alpha value is -2.94. The van der Waals surface area contributed by atoms with E-state index in [1.165, 1.54) is 40.1 Å². The number of aromatic nitrogens is 1. The van der Waals surface area contributed by atoms with Crippen LogP contribution in [0.4, 0.5) is 4.39 Å². The molecule has 2 aliphatic rings. The third-order valence-corrected chi connectivity index (χ3v) is 5.23. The van der Waals surface area contributed by atoms with Crippen molar-refractivity contribution in [1.82, 2.24) is 9.88 Å². The number of hydrogen-bond acceptors (Lipinski definition) is 2. The SMILES string of the molecule is C=C1C2=C(C)C(=CN1C)c1cc(C)ccc1C(c1ccc(F)cn1)/C=C\2. The summed E-state index contributed by atoms with van der Waals surface area (Å²) < 4.78 is 13.4. The molecule has 1 aliphatic heterocycles. The molecule has 1 aromatic carbocycles. The van der Waals surface area contributed by atoms with E-state index < -0.39 is 0 Å². The van der Waals surface area contributed by atoms with E-state index in [0.29, 0.717) is 0 Å². The molecule has 1 aromatic heterocycles. The molecule has 0 saturated carbocycles. The zero-order valence-corrected chi connectivity index (χ0v) is 15.3. The molecule has 0 amide bonds. The summed E-state index contributed by atoms with van der Waals surface area (Å²) in [5, 5.41) is 0. The highest BCUT2D eigenvalue weighted by Gasteiger charge is 2.26. The molecular formula is C23H21FN2. The molecule has 3 heteroatoms. The lowest BCUT2D eigenvalue weighted by Crippen LogP contribution is -2.19. The molecule has 0 fully saturated rings. The summed E-state index contributed by atoms with van der Waals surface area (Å²) in [6.45, 7) is 8.48. The van der Waals surface area contributed by atoms with Gasteiger partial charge in [0, 0.05) is 36.0 Å². The van der Waals surface area contributed by atoms with Crippen molar-refractivity contribution in [3.05, 3.63) is 107 Å². The van der Waals surface area contributed by atoms with Crippen LogP contribution in [0.5, 0.6) is 0 Å². The van der Waals surface area contributed by atoms with Gasteiger partial charge in [0.15, 0.2) is 0 Å². The van der Waals surface area contributed by atoms with Crippen molar-refractivity contribution < 1.29 is 4.39 Å². The van der Waals surface area contributed by atoms with Crippen molar-refractivity contribution >= 4 is 5.57 Å². The van der Waals surface area contributed by atoms with Gasteiger partial charge < -0.3 is 4.90 Å². The fourth-order valence-corrected chi connectivity index (χ4v) is 3.71. The molecule has 0 saturated heterocycles. The first-order chi connectivity index (χ1) is 12.5. The van der Waals surface area contributed by atoms with E-state index in [-0.39, 0.29) is 11.7 Å². The van der Waals surface area contributed by atoms with Crippen molar-refractivity contribution in [2.24, 2.45) is 0 Å². The van der Waals surface area contributed by atoms with Crippen molar-refractivity contribution in [2.45, 2.75) is 19.8 Å². The quantitative estimate of drug-likeness (QED) is 0.693. The highest BCUT2D eigenvalue weighted by molar-refractivity contribution is 5.85. The molecule has 2 aromatic rings. The lowest BCUT2D eigenvalue weighted by atomic mass is 9.80. The molecule has 2 heterocycles. The number of fused-ring (bicyclic) bond motifs is 3. The van der Waals surface area contributed by atoms with Gasteiger partial charge in [-0.05, 0) is 42.7 Å². The Balaban J connectivity index is 2.00. The van der Waals surface area contributed by atoms with Gasteiger partial charge in [0.05, 0.1) is 11.9 Å². The van der Waals surface area contributed by atoms with Crippen molar-refractivity contribution in [3.8, 4) is 0 Å². The molecule has 0 radical (unpaired) electrons. The van der Waals surface area contributed by atoms with Gasteiger partial charge in [-0.2, -0.15) is 0 Å². The van der Waals surface area contributed by atoms with Gasteiger partial charge in [0.25, 0.3) is 0 Å². The van der Waals surface area contributed by atoms with Crippen molar-refractivity contribution in [3.63, 3.8) is 0 Å². The van der Waals surface area contributed by atoms with Gasteiger partial charge in [-0.25, -0.2) is 4.39 Å². The molecule has 1 aliphatic carbocycles. The Kier molecular flexibility index (Phi) is 3.87. The number of nitrogens with zero attached hydrogens (tertiary/aromatic N) is 2. The van der Waals surface area contributed by atoms with Crippen molar-refractivity contribution in [1.29, 1.82) is 0 Å². The lowest BCUT2D eigenvalue weighted by molar-refractivity contribution is 0.579. The second kappa shape index (κ2) is 6.10. The van der Waals surface area contributed by atoms with E-state index in [2.05, 4.69) is 66.9 Å². The Labute approximate surface area is 153 Å². The third kappa shape index (κ3) is 2.60. The summed E-state index contributed by atoms with van der Waals surface area (Å²) in [5.41, 5.74) is 8.95. The molecule has 130 valence electrons. The summed E-state index contributed by atoms with van der Waals surface area (Å²) in [6, 6.07) is 9.74. The molecule has 1 atom stereocenters. The van der Waals surface area contributed by atoms with Crippen LogP contribution in [-0.2, 0) is 0 Å². The van der Waals surface area contributed by atoms with E-state index >= 15 is 0 Å². The fourth-order valence-electron chi connectivity index (χ4n) is 3.71. The normalized spacial score (nSPS) is 20.3. The van der Waals surface area contributed by atoms with Crippen LogP contribution < -0.4 is 0 Å². The third-order valence-electron chi connectivity index (χ3n) is 5.23. The number of benzene rings is 1. The van der Waals surface area contributed by atoms with Gasteiger partial charge in [-0.15, -0.1) is 0 Å². The molecule has 26 heavy (non-hydrogen) atoms. The number of likely N-dealkylation sites (N-methyl/N-ethyl adjacent to an activating group) is 1. The summed E-state index contributed by atoms with van der Waals surface area (Å²) in [7, 11) is 2.03. The number of aryl methyl sites for hydroxylation is 1. The van der Waals surface area contributed by atoms with Crippen LogP contribution in [0.25, 0.3) is 5.57 Å². The molecular weight excluding hydrogens is 323 g/mol. The largest absolute Gasteiger partial charge is 0.350 e. The van der Waals surface area contributed by atoms with Crippen molar-refractivity contribution in [2.75, 3.05) is 7.05 Å². The van der Waals surface area contributed by atoms with Crippen LogP contribution in [-0.4, -0.2) is 16.9 Å². The maximum Gasteiger partial charge on any atom is 0.141 e. The Morgan fingerprint density at radius 1 is 1.15 bits per heavy atom. The first kappa shape index (κ1) is 16.5. The number of allylic oxidation sites excluding steroid dienone is 4. The maximum absolute atomic E-state index is 13.4. The molecule has 0 spiro atoms. The van der Waals surface area contributed by atoms with Gasteiger partial charge in [0.2, 0.25) is 0 Å². The number of rotatable bonds is 1. The minimum Gasteiger partial charge on any atom is -0.350 e. The number of hydrogen-bond donors (Lipinski definition) is 0. The monoisotopic (exact) mass is 344 g/mol. The second-order valence-electron chi connectivity index (χ2n) is 6.97. The number of pyridine rings is 1. The minimum absolute atomic E-state index is 0.0334. The summed E-state index contributed by atoms with van der Waals surface area (Å²) in [4.78, 5) is 6.42. The van der Waals surface area contributed by atoms with E-state index in [4.69, 9.17) is 0 Å². The molecule has 2 nitrogen and oxygen atoms in total. The standard InChI is InChI=1S/C23H21FN2/c1-14-5-7-19-20(23-10-6-17(24)12-25-23)9-8-18-15(2)22(21(19)11-14)13-26(4)16(18)3/h5-13,20H,3H2,1-2,4H3/b9-8-. The molecule has 0 N–H and O–H groups in total. The topological polar surface area (TPSA) is 16.1 Å². The zero-order chi connectivity index (χ0) is 18.4. The van der Waals surface area contributed by atoms with E-state index in [1.54, 1.807) is 6.07 Å². The zero-order valence-electron chi connectivity index (χ0n) is 15.3. The molecule has 4 rings (SSSR count). The number of halogens is 1. The predicted octanol–water partition coefficient (Wildman–Crippen LogP) is 5.35. The predicted molar refractivity (Wildman–Crippen MR) is 104 cm³/mol. The fraction of sp³-hybridized carbons (Fsp3) is 0.174. The van der Waals surface area contributed by atoms with Crippen LogP contribution in [0.15, 0.2) is 78.3 Å². The average Bonchev–Trinajstić information content (AvgIpc) is 2.62. The highest BCUT2D eigenvalue weighted by Crippen LogP contribution is 2.42. The Morgan fingerprint density at radius 2 is 1.96 bits per heavy atom. The van der Waals surface area contributed by atoms with E-state index in [9.17, 15) is 4.39 Å². The summed E-state index contributed by atoms with van der Waals surface area (Å²) in [5.74, 6) is -0.352. The van der Waals surface area contributed by atoms with Crippen LogP contribution in [0, 0.1) is 12.7 Å². The van der Waals surface area contributed by atoms with Gasteiger partial charge in [0.1, 0.15) is 5.82 Å².